The van der Waals surface area contributed by atoms with Crippen LogP contribution in [-0.4, -0.2) is 84.1 Å². The third-order valence-corrected chi connectivity index (χ3v) is 5.80. The van der Waals surface area contributed by atoms with Crippen LogP contribution < -0.4 is 14.4 Å². The summed E-state index contributed by atoms with van der Waals surface area (Å²) in [4.78, 5) is 8.55. The fourth-order valence-electron chi connectivity index (χ4n) is 4.17. The third kappa shape index (κ3) is 4.71. The molecule has 0 spiro atoms. The fraction of sp³-hybridized carbons (Fsp3) is 0.391. The molecule has 1 aliphatic heterocycles. The van der Waals surface area contributed by atoms with Gasteiger partial charge in [0.2, 0.25) is 0 Å². The molecule has 0 atom stereocenters. The molecule has 1 aliphatic rings. The average molecular weight is 589 g/mol. The van der Waals surface area contributed by atoms with Crippen LogP contribution in [0.2, 0.25) is 0 Å². The number of methoxy groups -OCH3 is 2. The van der Waals surface area contributed by atoms with E-state index in [9.17, 15) is 0 Å². The Hall–Kier alpha value is -1.74. The van der Waals surface area contributed by atoms with Gasteiger partial charge in [0.05, 0.1) is 14.2 Å². The number of para-hydroxylation sites is 1. The Kier molecular flexibility index (Phi) is 7.45. The summed E-state index contributed by atoms with van der Waals surface area (Å²) < 4.78 is 10.9. The second-order valence-electron chi connectivity index (χ2n) is 7.40. The molecule has 0 bridgehead atoms. The quantitative estimate of drug-likeness (QED) is 0.450. The molecule has 0 amide bonds. The molecule has 1 aromatic heterocycles. The van der Waals surface area contributed by atoms with Crippen LogP contribution in [0.3, 0.4) is 0 Å². The molecule has 4 rings (SSSR count). The molecule has 2 heterocycles. The molecule has 2 aromatic carbocycles. The number of aromatic nitrogens is 1. The summed E-state index contributed by atoms with van der Waals surface area (Å²) in [5.41, 5.74) is 5.05. The molecule has 1 N–H and O–H groups in total. The van der Waals surface area contributed by atoms with Crippen molar-refractivity contribution in [2.75, 3.05) is 51.8 Å². The molecule has 1 fully saturated rings. The van der Waals surface area contributed by atoms with Crippen molar-refractivity contribution in [1.29, 1.82) is 0 Å². The van der Waals surface area contributed by atoms with Crippen LogP contribution >= 0.6 is 0 Å². The normalized spacial score (nSPS) is 14.7. The minimum absolute atomic E-state index is 0. The van der Waals surface area contributed by atoms with Gasteiger partial charge in [-0.25, -0.2) is 0 Å². The van der Waals surface area contributed by atoms with Gasteiger partial charge in [0.25, 0.3) is 0 Å². The van der Waals surface area contributed by atoms with Crippen molar-refractivity contribution in [1.82, 2.24) is 9.88 Å². The number of ether oxygens (including phenoxy) is 2. The Balaban J connectivity index is 0.00000240. The van der Waals surface area contributed by atoms with Gasteiger partial charge in [0.1, 0.15) is 0 Å². The summed E-state index contributed by atoms with van der Waals surface area (Å²) in [6, 6.07) is 14.8. The molecule has 29 heavy (non-hydrogen) atoms. The van der Waals surface area contributed by atoms with Crippen LogP contribution in [0.5, 0.6) is 11.5 Å². The van der Waals surface area contributed by atoms with Gasteiger partial charge >= 0.3 is 27.3 Å². The first-order valence-electron chi connectivity index (χ1n) is 9.95. The van der Waals surface area contributed by atoms with Crippen LogP contribution in [-0.2, 0) is 6.42 Å². The fourth-order valence-corrected chi connectivity index (χ4v) is 4.17. The van der Waals surface area contributed by atoms with E-state index >= 15 is 0 Å². The number of fused-ring (bicyclic) bond motifs is 1. The van der Waals surface area contributed by atoms with Gasteiger partial charge in [-0.05, 0) is 37.1 Å². The maximum atomic E-state index is 5.50. The number of aromatic amines is 1. The number of nitrogens with one attached hydrogen (secondary N) is 1. The van der Waals surface area contributed by atoms with Gasteiger partial charge in [0, 0.05) is 61.1 Å². The summed E-state index contributed by atoms with van der Waals surface area (Å²) in [5.74, 6) is 1.55. The Labute approximate surface area is 193 Å². The summed E-state index contributed by atoms with van der Waals surface area (Å²) in [6.07, 6.45) is 1.03. The van der Waals surface area contributed by atoms with E-state index in [0.29, 0.717) is 0 Å². The number of rotatable bonds is 6. The zero-order valence-electron chi connectivity index (χ0n) is 17.7. The van der Waals surface area contributed by atoms with Gasteiger partial charge in [-0.2, -0.15) is 0 Å². The van der Waals surface area contributed by atoms with Gasteiger partial charge in [-0.1, -0.05) is 18.2 Å². The van der Waals surface area contributed by atoms with Crippen molar-refractivity contribution < 1.29 is 9.47 Å². The van der Waals surface area contributed by atoms with Crippen LogP contribution in [0.4, 0.5) is 5.69 Å². The van der Waals surface area contributed by atoms with Crippen LogP contribution in [0.15, 0.2) is 42.5 Å². The standard InChI is InChI=1S/C23H29N3O2.Pb.2H/c1-17-19(20-15-22(27-2)23(28-3)16-21(20)24-17)9-10-25-11-13-26(14-12-25)18-7-5-4-6-8-18;;;/h4-8,15-16,24H,9-14H2,1-3H3;;;. The first-order chi connectivity index (χ1) is 13.7. The Morgan fingerprint density at radius 2 is 1.59 bits per heavy atom. The number of anilines is 1. The van der Waals surface area contributed by atoms with E-state index in [4.69, 9.17) is 9.47 Å². The maximum absolute atomic E-state index is 5.50. The third-order valence-electron chi connectivity index (χ3n) is 5.80. The molecule has 2 radical (unpaired) electrons. The van der Waals surface area contributed by atoms with E-state index < -0.39 is 0 Å². The predicted octanol–water partition coefficient (Wildman–Crippen LogP) is 2.94. The van der Waals surface area contributed by atoms with Gasteiger partial charge < -0.3 is 19.4 Å². The van der Waals surface area contributed by atoms with Crippen molar-refractivity contribution in [3.05, 3.63) is 53.7 Å². The summed E-state index contributed by atoms with van der Waals surface area (Å²) >= 11 is 0. The Morgan fingerprint density at radius 1 is 0.931 bits per heavy atom. The molecule has 6 heteroatoms. The monoisotopic (exact) mass is 589 g/mol. The first-order valence-corrected chi connectivity index (χ1v) is 9.95. The molecular formula is C23H31N3O2Pb. The Bertz CT molecular complexity index is 934. The average Bonchev–Trinajstić information content (AvgIpc) is 3.06. The number of benzene rings is 2. The van der Waals surface area contributed by atoms with Crippen molar-refractivity contribution in [3.63, 3.8) is 0 Å². The van der Waals surface area contributed by atoms with Gasteiger partial charge in [-0.15, -0.1) is 0 Å². The van der Waals surface area contributed by atoms with E-state index in [1.165, 1.54) is 22.3 Å². The van der Waals surface area contributed by atoms with E-state index in [1.54, 1.807) is 14.2 Å². The SMILES string of the molecule is COc1cc2[nH]c(C)c(CCN3CCN(c4ccccc4)CC3)c2cc1OC.[PbH2]. The number of nitrogens with zero attached hydrogens (tertiary/aromatic N) is 2. The molecule has 0 unspecified atom stereocenters. The van der Waals surface area contributed by atoms with E-state index in [1.807, 2.05) is 6.07 Å². The predicted molar refractivity (Wildman–Crippen MR) is 123 cm³/mol. The van der Waals surface area contributed by atoms with E-state index in [2.05, 4.69) is 58.1 Å². The van der Waals surface area contributed by atoms with Crippen molar-refractivity contribution in [3.8, 4) is 11.5 Å². The van der Waals surface area contributed by atoms with Crippen molar-refractivity contribution in [2.24, 2.45) is 0 Å². The minimum atomic E-state index is 0. The van der Waals surface area contributed by atoms with Gasteiger partial charge in [0.15, 0.2) is 11.5 Å². The first kappa shape index (κ1) is 22.0. The van der Waals surface area contributed by atoms with E-state index in [0.717, 1.165) is 56.2 Å². The van der Waals surface area contributed by atoms with Gasteiger partial charge in [-0.3, -0.25) is 4.90 Å². The molecule has 1 saturated heterocycles. The number of aryl methyl sites for hydroxylation is 1. The zero-order valence-corrected chi connectivity index (χ0v) is 23.2. The number of piperazine rings is 1. The summed E-state index contributed by atoms with van der Waals surface area (Å²) in [7, 11) is 3.37. The molecule has 5 nitrogen and oxygen atoms in total. The van der Waals surface area contributed by atoms with Crippen LogP contribution in [0.25, 0.3) is 10.9 Å². The topological polar surface area (TPSA) is 40.7 Å². The van der Waals surface area contributed by atoms with Crippen molar-refractivity contribution >= 4 is 43.9 Å². The summed E-state index contributed by atoms with van der Waals surface area (Å²) in [5, 5.41) is 1.23. The van der Waals surface area contributed by atoms with Crippen LogP contribution in [0, 0.1) is 6.92 Å². The number of hydrogen-bond acceptors (Lipinski definition) is 4. The summed E-state index contributed by atoms with van der Waals surface area (Å²) in [6.45, 7) is 7.61. The second-order valence-corrected chi connectivity index (χ2v) is 7.40. The number of H-pyrrole nitrogens is 1. The molecule has 3 aromatic rings. The second kappa shape index (κ2) is 9.84. The zero-order chi connectivity index (χ0) is 19.5. The number of hydrogen-bond donors (Lipinski definition) is 1. The van der Waals surface area contributed by atoms with Crippen molar-refractivity contribution in [2.45, 2.75) is 13.3 Å². The van der Waals surface area contributed by atoms with Crippen LogP contribution in [0.1, 0.15) is 11.3 Å². The van der Waals surface area contributed by atoms with E-state index in [-0.39, 0.29) is 27.3 Å². The molecule has 0 aliphatic carbocycles. The Morgan fingerprint density at radius 3 is 2.24 bits per heavy atom. The molecular weight excluding hydrogens is 557 g/mol. The molecule has 0 saturated carbocycles. The molecule has 154 valence electrons.